The second-order valence-electron chi connectivity index (χ2n) is 5.32. The highest BCUT2D eigenvalue weighted by molar-refractivity contribution is 5.88. The highest BCUT2D eigenvalue weighted by Crippen LogP contribution is 2.20. The first-order valence-electron chi connectivity index (χ1n) is 7.53. The first kappa shape index (κ1) is 16.6. The van der Waals surface area contributed by atoms with Crippen molar-refractivity contribution in [1.82, 2.24) is 14.9 Å². The first-order valence-corrected chi connectivity index (χ1v) is 7.53. The van der Waals surface area contributed by atoms with Gasteiger partial charge in [-0.2, -0.15) is 0 Å². The Morgan fingerprint density at radius 3 is 2.77 bits per heavy atom. The molecule has 2 N–H and O–H groups in total. The predicted octanol–water partition coefficient (Wildman–Crippen LogP) is 1.15. The van der Waals surface area contributed by atoms with Crippen LogP contribution in [0.25, 0.3) is 10.9 Å². The van der Waals surface area contributed by atoms with Gasteiger partial charge in [0.2, 0.25) is 0 Å². The SMILES string of the molecule is CN(C)CCc1nc(NCCOCCO)c2ccccc2n1. The Bertz CT molecular complexity index is 589. The van der Waals surface area contributed by atoms with Crippen LogP contribution in [0.4, 0.5) is 5.82 Å². The summed E-state index contributed by atoms with van der Waals surface area (Å²) in [4.78, 5) is 11.4. The molecule has 6 nitrogen and oxygen atoms in total. The molecule has 120 valence electrons. The summed E-state index contributed by atoms with van der Waals surface area (Å²) in [6, 6.07) is 7.99. The molecular weight excluding hydrogens is 280 g/mol. The molecule has 0 fully saturated rings. The minimum absolute atomic E-state index is 0.0467. The average molecular weight is 304 g/mol. The molecule has 6 heteroatoms. The number of nitrogens with one attached hydrogen (secondary N) is 1. The van der Waals surface area contributed by atoms with E-state index >= 15 is 0 Å². The van der Waals surface area contributed by atoms with Crippen LogP contribution in [0.1, 0.15) is 5.82 Å². The van der Waals surface area contributed by atoms with E-state index in [-0.39, 0.29) is 6.61 Å². The number of aromatic nitrogens is 2. The van der Waals surface area contributed by atoms with Crippen LogP contribution < -0.4 is 5.32 Å². The number of para-hydroxylation sites is 1. The zero-order valence-electron chi connectivity index (χ0n) is 13.2. The van der Waals surface area contributed by atoms with Crippen LogP contribution in [0, 0.1) is 0 Å². The van der Waals surface area contributed by atoms with Gasteiger partial charge in [-0.25, -0.2) is 9.97 Å². The number of aliphatic hydroxyl groups is 1. The van der Waals surface area contributed by atoms with Gasteiger partial charge in [0.1, 0.15) is 11.6 Å². The zero-order chi connectivity index (χ0) is 15.8. The predicted molar refractivity (Wildman–Crippen MR) is 88.2 cm³/mol. The lowest BCUT2D eigenvalue weighted by Gasteiger charge is -2.12. The third-order valence-corrected chi connectivity index (χ3v) is 3.21. The van der Waals surface area contributed by atoms with Crippen LogP contribution in [0.2, 0.25) is 0 Å². The lowest BCUT2D eigenvalue weighted by molar-refractivity contribution is 0.0992. The molecule has 22 heavy (non-hydrogen) atoms. The Morgan fingerprint density at radius 2 is 2.00 bits per heavy atom. The number of ether oxygens (including phenoxy) is 1. The highest BCUT2D eigenvalue weighted by atomic mass is 16.5. The summed E-state index contributed by atoms with van der Waals surface area (Å²) in [5.41, 5.74) is 0.949. The van der Waals surface area contributed by atoms with Crippen LogP contribution in [0.15, 0.2) is 24.3 Å². The van der Waals surface area contributed by atoms with Crippen molar-refractivity contribution in [3.05, 3.63) is 30.1 Å². The van der Waals surface area contributed by atoms with Gasteiger partial charge in [0.05, 0.1) is 25.3 Å². The van der Waals surface area contributed by atoms with Crippen molar-refractivity contribution in [2.45, 2.75) is 6.42 Å². The monoisotopic (exact) mass is 304 g/mol. The van der Waals surface area contributed by atoms with Crippen molar-refractivity contribution in [2.24, 2.45) is 0 Å². The van der Waals surface area contributed by atoms with Crippen LogP contribution in [-0.2, 0) is 11.2 Å². The zero-order valence-corrected chi connectivity index (χ0v) is 13.2. The number of nitrogens with zero attached hydrogens (tertiary/aromatic N) is 3. The van der Waals surface area contributed by atoms with Gasteiger partial charge in [0, 0.05) is 24.9 Å². The van der Waals surface area contributed by atoms with Gasteiger partial charge >= 0.3 is 0 Å². The number of benzene rings is 1. The summed E-state index contributed by atoms with van der Waals surface area (Å²) in [6.45, 7) is 2.50. The van der Waals surface area contributed by atoms with Crippen LogP contribution in [0.3, 0.4) is 0 Å². The lowest BCUT2D eigenvalue weighted by Crippen LogP contribution is -2.17. The second kappa shape index (κ2) is 8.63. The van der Waals surface area contributed by atoms with E-state index in [9.17, 15) is 0 Å². The molecule has 0 saturated carbocycles. The summed E-state index contributed by atoms with van der Waals surface area (Å²) >= 11 is 0. The lowest BCUT2D eigenvalue weighted by atomic mass is 10.2. The molecule has 1 heterocycles. The number of anilines is 1. The minimum Gasteiger partial charge on any atom is -0.394 e. The number of likely N-dealkylation sites (N-methyl/N-ethyl adjacent to an activating group) is 1. The van der Waals surface area contributed by atoms with Crippen LogP contribution >= 0.6 is 0 Å². The smallest absolute Gasteiger partial charge is 0.137 e. The molecule has 0 aliphatic heterocycles. The number of fused-ring (bicyclic) bond motifs is 1. The topological polar surface area (TPSA) is 70.5 Å². The normalized spacial score (nSPS) is 11.3. The van der Waals surface area contributed by atoms with E-state index in [1.54, 1.807) is 0 Å². The summed E-state index contributed by atoms with van der Waals surface area (Å²) in [6.07, 6.45) is 0.813. The summed E-state index contributed by atoms with van der Waals surface area (Å²) in [7, 11) is 4.08. The van der Waals surface area contributed by atoms with Crippen molar-refractivity contribution < 1.29 is 9.84 Å². The van der Waals surface area contributed by atoms with E-state index in [2.05, 4.69) is 20.2 Å². The molecule has 0 radical (unpaired) electrons. The summed E-state index contributed by atoms with van der Waals surface area (Å²) in [5, 5.41) is 13.0. The summed E-state index contributed by atoms with van der Waals surface area (Å²) < 4.78 is 5.26. The minimum atomic E-state index is 0.0467. The summed E-state index contributed by atoms with van der Waals surface area (Å²) in [5.74, 6) is 1.68. The van der Waals surface area contributed by atoms with Crippen LogP contribution in [0.5, 0.6) is 0 Å². The molecule has 0 amide bonds. The number of aliphatic hydroxyl groups excluding tert-OH is 1. The Labute approximate surface area is 131 Å². The molecule has 0 atom stereocenters. The second-order valence-corrected chi connectivity index (χ2v) is 5.32. The number of rotatable bonds is 9. The van der Waals surface area contributed by atoms with Gasteiger partial charge in [-0.3, -0.25) is 0 Å². The van der Waals surface area contributed by atoms with Crippen molar-refractivity contribution >= 4 is 16.7 Å². The third-order valence-electron chi connectivity index (χ3n) is 3.21. The third kappa shape index (κ3) is 4.91. The maximum Gasteiger partial charge on any atom is 0.137 e. The quantitative estimate of drug-likeness (QED) is 0.677. The molecule has 2 rings (SSSR count). The highest BCUT2D eigenvalue weighted by Gasteiger charge is 2.07. The average Bonchev–Trinajstić information content (AvgIpc) is 2.52. The van der Waals surface area contributed by atoms with Gasteiger partial charge in [0.15, 0.2) is 0 Å². The molecule has 1 aromatic heterocycles. The van der Waals surface area contributed by atoms with Gasteiger partial charge in [-0.1, -0.05) is 12.1 Å². The molecule has 0 saturated heterocycles. The van der Waals surface area contributed by atoms with Crippen molar-refractivity contribution in [1.29, 1.82) is 0 Å². The van der Waals surface area contributed by atoms with E-state index in [1.165, 1.54) is 0 Å². The largest absolute Gasteiger partial charge is 0.394 e. The van der Waals surface area contributed by atoms with Gasteiger partial charge in [-0.05, 0) is 26.2 Å². The van der Waals surface area contributed by atoms with E-state index in [0.717, 1.165) is 35.5 Å². The Morgan fingerprint density at radius 1 is 1.18 bits per heavy atom. The molecule has 2 aromatic rings. The molecule has 0 spiro atoms. The maximum atomic E-state index is 8.69. The fourth-order valence-corrected chi connectivity index (χ4v) is 2.10. The Balaban J connectivity index is 2.11. The first-order chi connectivity index (χ1) is 10.7. The Kier molecular flexibility index (Phi) is 6.51. The van der Waals surface area contributed by atoms with Crippen molar-refractivity contribution in [3.63, 3.8) is 0 Å². The van der Waals surface area contributed by atoms with Gasteiger partial charge < -0.3 is 20.1 Å². The van der Waals surface area contributed by atoms with Crippen molar-refractivity contribution in [2.75, 3.05) is 52.3 Å². The fourth-order valence-electron chi connectivity index (χ4n) is 2.10. The van der Waals surface area contributed by atoms with Gasteiger partial charge in [0.25, 0.3) is 0 Å². The van der Waals surface area contributed by atoms with E-state index in [4.69, 9.17) is 9.84 Å². The van der Waals surface area contributed by atoms with Gasteiger partial charge in [-0.15, -0.1) is 0 Å². The standard InChI is InChI=1S/C16H24N4O2/c1-20(2)9-7-15-18-14-6-4-3-5-13(14)16(19-15)17-8-11-22-12-10-21/h3-6,21H,7-12H2,1-2H3,(H,17,18,19). The maximum absolute atomic E-state index is 8.69. The van der Waals surface area contributed by atoms with E-state index in [1.807, 2.05) is 38.4 Å². The molecule has 0 aliphatic rings. The van der Waals surface area contributed by atoms with E-state index in [0.29, 0.717) is 19.8 Å². The Hall–Kier alpha value is -1.76. The fraction of sp³-hybridized carbons (Fsp3) is 0.500. The molecule has 0 aliphatic carbocycles. The number of hydrogen-bond acceptors (Lipinski definition) is 6. The molecule has 1 aromatic carbocycles. The molecule has 0 unspecified atom stereocenters. The van der Waals surface area contributed by atoms with Crippen LogP contribution in [-0.4, -0.2) is 67.0 Å². The number of hydrogen-bond donors (Lipinski definition) is 2. The van der Waals surface area contributed by atoms with Crippen molar-refractivity contribution in [3.8, 4) is 0 Å². The molecule has 0 bridgehead atoms. The molecular formula is C16H24N4O2. The van der Waals surface area contributed by atoms with E-state index < -0.39 is 0 Å².